The summed E-state index contributed by atoms with van der Waals surface area (Å²) in [6.07, 6.45) is 7.08. The number of hydrogen-bond acceptors (Lipinski definition) is 2. The zero-order valence-corrected chi connectivity index (χ0v) is 11.4. The molecule has 0 amide bonds. The van der Waals surface area contributed by atoms with Crippen LogP contribution in [0.5, 0.6) is 0 Å². The van der Waals surface area contributed by atoms with E-state index in [9.17, 15) is 0 Å². The van der Waals surface area contributed by atoms with Gasteiger partial charge in [-0.15, -0.1) is 0 Å². The van der Waals surface area contributed by atoms with Crippen molar-refractivity contribution in [2.24, 2.45) is 16.8 Å². The van der Waals surface area contributed by atoms with Crippen molar-refractivity contribution in [2.45, 2.75) is 52.0 Å². The summed E-state index contributed by atoms with van der Waals surface area (Å²) < 4.78 is 0. The van der Waals surface area contributed by atoms with Gasteiger partial charge in [-0.25, -0.2) is 0 Å². The SMILES string of the molecule is CC(C)C1CSC(=NCC2CCCCC2)N1. The van der Waals surface area contributed by atoms with E-state index in [0.717, 1.165) is 18.4 Å². The lowest BCUT2D eigenvalue weighted by Crippen LogP contribution is -2.31. The van der Waals surface area contributed by atoms with Gasteiger partial charge in [0.15, 0.2) is 5.17 Å². The maximum absolute atomic E-state index is 4.75. The average molecular weight is 240 g/mol. The average Bonchev–Trinajstić information content (AvgIpc) is 2.76. The molecule has 2 fully saturated rings. The molecule has 0 aromatic rings. The zero-order chi connectivity index (χ0) is 11.4. The van der Waals surface area contributed by atoms with Crippen LogP contribution in [0.25, 0.3) is 0 Å². The Hall–Kier alpha value is -0.180. The largest absolute Gasteiger partial charge is 0.361 e. The van der Waals surface area contributed by atoms with Gasteiger partial charge in [0.05, 0.1) is 0 Å². The van der Waals surface area contributed by atoms with Crippen LogP contribution in [0.4, 0.5) is 0 Å². The summed E-state index contributed by atoms with van der Waals surface area (Å²) in [6.45, 7) is 5.62. The fourth-order valence-electron chi connectivity index (χ4n) is 2.44. The van der Waals surface area contributed by atoms with Crippen molar-refractivity contribution in [1.82, 2.24) is 5.32 Å². The minimum Gasteiger partial charge on any atom is -0.361 e. The lowest BCUT2D eigenvalue weighted by Gasteiger charge is -2.19. The van der Waals surface area contributed by atoms with Crippen molar-refractivity contribution >= 4 is 16.9 Å². The van der Waals surface area contributed by atoms with E-state index in [2.05, 4.69) is 19.2 Å². The Kier molecular flexibility index (Phi) is 4.56. The van der Waals surface area contributed by atoms with Crippen molar-refractivity contribution in [2.75, 3.05) is 12.3 Å². The fourth-order valence-corrected chi connectivity index (χ4v) is 3.65. The van der Waals surface area contributed by atoms with Crippen LogP contribution in [-0.2, 0) is 0 Å². The summed E-state index contributed by atoms with van der Waals surface area (Å²) in [5.74, 6) is 2.78. The van der Waals surface area contributed by atoms with Crippen molar-refractivity contribution in [3.05, 3.63) is 0 Å². The van der Waals surface area contributed by atoms with E-state index in [4.69, 9.17) is 4.99 Å². The summed E-state index contributed by atoms with van der Waals surface area (Å²) in [5, 5.41) is 4.74. The van der Waals surface area contributed by atoms with Gasteiger partial charge >= 0.3 is 0 Å². The molecule has 0 aromatic carbocycles. The van der Waals surface area contributed by atoms with Crippen LogP contribution in [0.1, 0.15) is 46.0 Å². The topological polar surface area (TPSA) is 24.4 Å². The Morgan fingerprint density at radius 1 is 1.31 bits per heavy atom. The van der Waals surface area contributed by atoms with Crippen molar-refractivity contribution in [3.8, 4) is 0 Å². The van der Waals surface area contributed by atoms with E-state index in [1.165, 1.54) is 43.0 Å². The first-order chi connectivity index (χ1) is 7.75. The molecule has 1 unspecified atom stereocenters. The molecule has 1 N–H and O–H groups in total. The highest BCUT2D eigenvalue weighted by atomic mass is 32.2. The minimum atomic E-state index is 0.634. The number of nitrogens with one attached hydrogen (secondary N) is 1. The molecule has 1 aliphatic carbocycles. The van der Waals surface area contributed by atoms with E-state index in [0.29, 0.717) is 6.04 Å². The molecule has 16 heavy (non-hydrogen) atoms. The standard InChI is InChI=1S/C13H24N2S/c1-10(2)12-9-16-13(15-12)14-8-11-6-4-3-5-7-11/h10-12H,3-9H2,1-2H3,(H,14,15). The maximum Gasteiger partial charge on any atom is 0.156 e. The number of aliphatic imine (C=N–C) groups is 1. The molecule has 0 radical (unpaired) electrons. The molecule has 0 bridgehead atoms. The first-order valence-electron chi connectivity index (χ1n) is 6.69. The van der Waals surface area contributed by atoms with E-state index >= 15 is 0 Å². The normalized spacial score (nSPS) is 29.9. The van der Waals surface area contributed by atoms with Crippen LogP contribution in [0.2, 0.25) is 0 Å². The second-order valence-electron chi connectivity index (χ2n) is 5.46. The summed E-state index contributed by atoms with van der Waals surface area (Å²) in [5.41, 5.74) is 0. The first-order valence-corrected chi connectivity index (χ1v) is 7.68. The van der Waals surface area contributed by atoms with Crippen LogP contribution in [0.15, 0.2) is 4.99 Å². The summed E-state index contributed by atoms with van der Waals surface area (Å²) >= 11 is 1.91. The van der Waals surface area contributed by atoms with Crippen LogP contribution in [-0.4, -0.2) is 23.5 Å². The smallest absolute Gasteiger partial charge is 0.156 e. The molecule has 2 nitrogen and oxygen atoms in total. The predicted molar refractivity (Wildman–Crippen MR) is 73.1 cm³/mol. The summed E-state index contributed by atoms with van der Waals surface area (Å²) in [6, 6.07) is 0.634. The number of hydrogen-bond donors (Lipinski definition) is 1. The minimum absolute atomic E-state index is 0.634. The van der Waals surface area contributed by atoms with Crippen LogP contribution in [0.3, 0.4) is 0 Å². The van der Waals surface area contributed by atoms with Gasteiger partial charge in [0.25, 0.3) is 0 Å². The Balaban J connectivity index is 1.75. The molecule has 1 atom stereocenters. The maximum atomic E-state index is 4.75. The van der Waals surface area contributed by atoms with E-state index in [1.54, 1.807) is 0 Å². The van der Waals surface area contributed by atoms with Crippen LogP contribution >= 0.6 is 11.8 Å². The molecule has 2 aliphatic rings. The molecule has 3 heteroatoms. The van der Waals surface area contributed by atoms with Gasteiger partial charge in [0, 0.05) is 18.3 Å². The van der Waals surface area contributed by atoms with E-state index < -0.39 is 0 Å². The Labute approximate surface area is 104 Å². The monoisotopic (exact) mass is 240 g/mol. The zero-order valence-electron chi connectivity index (χ0n) is 10.5. The van der Waals surface area contributed by atoms with Crippen molar-refractivity contribution in [1.29, 1.82) is 0 Å². The number of rotatable bonds is 3. The molecule has 1 heterocycles. The highest BCUT2D eigenvalue weighted by Crippen LogP contribution is 2.25. The van der Waals surface area contributed by atoms with Gasteiger partial charge in [-0.3, -0.25) is 4.99 Å². The number of thioether (sulfide) groups is 1. The van der Waals surface area contributed by atoms with Crippen molar-refractivity contribution in [3.63, 3.8) is 0 Å². The third-order valence-corrected chi connectivity index (χ3v) is 4.78. The van der Waals surface area contributed by atoms with Gasteiger partial charge in [-0.05, 0) is 24.7 Å². The van der Waals surface area contributed by atoms with Crippen LogP contribution in [0, 0.1) is 11.8 Å². The quantitative estimate of drug-likeness (QED) is 0.818. The number of nitrogens with zero attached hydrogens (tertiary/aromatic N) is 1. The molecule has 0 spiro atoms. The Morgan fingerprint density at radius 2 is 2.06 bits per heavy atom. The Morgan fingerprint density at radius 3 is 2.69 bits per heavy atom. The lowest BCUT2D eigenvalue weighted by atomic mass is 9.89. The second kappa shape index (κ2) is 5.95. The predicted octanol–water partition coefficient (Wildman–Crippen LogP) is 3.28. The Bertz CT molecular complexity index is 244. The highest BCUT2D eigenvalue weighted by Gasteiger charge is 2.23. The molecular weight excluding hydrogens is 216 g/mol. The molecule has 2 rings (SSSR count). The fraction of sp³-hybridized carbons (Fsp3) is 0.923. The summed E-state index contributed by atoms with van der Waals surface area (Å²) in [4.78, 5) is 4.75. The van der Waals surface area contributed by atoms with E-state index in [-0.39, 0.29) is 0 Å². The lowest BCUT2D eigenvalue weighted by molar-refractivity contribution is 0.367. The van der Waals surface area contributed by atoms with Crippen LogP contribution < -0.4 is 5.32 Å². The molecule has 0 aromatic heterocycles. The third kappa shape index (κ3) is 3.41. The van der Waals surface area contributed by atoms with Gasteiger partial charge in [0.1, 0.15) is 0 Å². The third-order valence-electron chi connectivity index (χ3n) is 3.73. The van der Waals surface area contributed by atoms with Crippen molar-refractivity contribution < 1.29 is 0 Å². The molecule has 92 valence electrons. The van der Waals surface area contributed by atoms with Gasteiger partial charge in [-0.2, -0.15) is 0 Å². The molecule has 1 aliphatic heterocycles. The second-order valence-corrected chi connectivity index (χ2v) is 6.46. The molecule has 1 saturated carbocycles. The van der Waals surface area contributed by atoms with Gasteiger partial charge in [0.2, 0.25) is 0 Å². The van der Waals surface area contributed by atoms with Gasteiger partial charge in [-0.1, -0.05) is 44.9 Å². The molecular formula is C13H24N2S. The summed E-state index contributed by atoms with van der Waals surface area (Å²) in [7, 11) is 0. The van der Waals surface area contributed by atoms with E-state index in [1.807, 2.05) is 11.8 Å². The highest BCUT2D eigenvalue weighted by molar-refractivity contribution is 8.14. The van der Waals surface area contributed by atoms with Gasteiger partial charge < -0.3 is 5.32 Å². The first kappa shape index (κ1) is 12.3. The molecule has 1 saturated heterocycles. The number of amidine groups is 1.